The molecule has 5 nitrogen and oxygen atoms in total. The van der Waals surface area contributed by atoms with Crippen LogP contribution in [0, 0.1) is 16.7 Å². The minimum absolute atomic E-state index is 0.197. The molecular formula is C11H13N3O2S. The standard InChI is InChI=1S/C11H13N3O2S/c12-7-11(1-3-16-4-2-11)10(15)14-6-9-5-13-8-17-9/h5,8H,1-4,6H2,(H,14,15). The lowest BCUT2D eigenvalue weighted by atomic mass is 9.81. The van der Waals surface area contributed by atoms with Gasteiger partial charge >= 0.3 is 0 Å². The second-order valence-corrected chi connectivity index (χ2v) is 4.93. The first-order valence-corrected chi connectivity index (χ1v) is 6.29. The highest BCUT2D eigenvalue weighted by atomic mass is 32.1. The number of thiazole rings is 1. The Bertz CT molecular complexity index is 418. The largest absolute Gasteiger partial charge is 0.381 e. The Hall–Kier alpha value is -1.45. The molecule has 0 atom stereocenters. The van der Waals surface area contributed by atoms with Gasteiger partial charge in [-0.25, -0.2) is 0 Å². The summed E-state index contributed by atoms with van der Waals surface area (Å²) in [6.07, 6.45) is 2.66. The van der Waals surface area contributed by atoms with Crippen LogP contribution < -0.4 is 5.32 Å². The summed E-state index contributed by atoms with van der Waals surface area (Å²) in [6.45, 7) is 1.39. The third kappa shape index (κ3) is 2.62. The van der Waals surface area contributed by atoms with Crippen molar-refractivity contribution in [1.82, 2.24) is 10.3 Å². The average molecular weight is 251 g/mol. The van der Waals surface area contributed by atoms with Gasteiger partial charge in [-0.1, -0.05) is 0 Å². The summed E-state index contributed by atoms with van der Waals surface area (Å²) in [5.41, 5.74) is 0.805. The minimum Gasteiger partial charge on any atom is -0.381 e. The molecule has 2 heterocycles. The molecule has 2 rings (SSSR count). The summed E-state index contributed by atoms with van der Waals surface area (Å²) in [6, 6.07) is 2.14. The maximum absolute atomic E-state index is 12.0. The second-order valence-electron chi connectivity index (χ2n) is 3.96. The molecule has 1 aromatic heterocycles. The van der Waals surface area contributed by atoms with E-state index in [1.54, 1.807) is 11.7 Å². The van der Waals surface area contributed by atoms with Gasteiger partial charge in [0.2, 0.25) is 5.91 Å². The third-order valence-corrected chi connectivity index (χ3v) is 3.68. The van der Waals surface area contributed by atoms with Crippen LogP contribution in [0.15, 0.2) is 11.7 Å². The molecule has 17 heavy (non-hydrogen) atoms. The summed E-state index contributed by atoms with van der Waals surface area (Å²) in [5, 5.41) is 12.0. The van der Waals surface area contributed by atoms with E-state index in [0.29, 0.717) is 32.6 Å². The Labute approximate surface area is 103 Å². The van der Waals surface area contributed by atoms with Crippen LogP contribution in [-0.4, -0.2) is 24.1 Å². The number of hydrogen-bond donors (Lipinski definition) is 1. The lowest BCUT2D eigenvalue weighted by Gasteiger charge is -2.29. The van der Waals surface area contributed by atoms with Crippen LogP contribution in [-0.2, 0) is 16.1 Å². The van der Waals surface area contributed by atoms with E-state index >= 15 is 0 Å². The molecule has 1 aliphatic heterocycles. The normalized spacial score (nSPS) is 18.3. The molecule has 0 bridgehead atoms. The summed E-state index contributed by atoms with van der Waals surface area (Å²) in [5.74, 6) is -0.197. The molecule has 6 heteroatoms. The van der Waals surface area contributed by atoms with Crippen LogP contribution in [0.5, 0.6) is 0 Å². The molecule has 1 fully saturated rings. The van der Waals surface area contributed by atoms with Crippen molar-refractivity contribution < 1.29 is 9.53 Å². The maximum Gasteiger partial charge on any atom is 0.240 e. The van der Waals surface area contributed by atoms with Crippen LogP contribution in [0.25, 0.3) is 0 Å². The van der Waals surface area contributed by atoms with Gasteiger partial charge in [-0.05, 0) is 12.8 Å². The zero-order valence-corrected chi connectivity index (χ0v) is 10.1. The van der Waals surface area contributed by atoms with E-state index in [1.165, 1.54) is 11.3 Å². The van der Waals surface area contributed by atoms with Gasteiger partial charge in [-0.3, -0.25) is 9.78 Å². The van der Waals surface area contributed by atoms with Gasteiger partial charge in [0, 0.05) is 24.3 Å². The van der Waals surface area contributed by atoms with Gasteiger partial charge < -0.3 is 10.1 Å². The number of aromatic nitrogens is 1. The fraction of sp³-hybridized carbons (Fsp3) is 0.545. The summed E-state index contributed by atoms with van der Waals surface area (Å²) >= 11 is 1.48. The van der Waals surface area contributed by atoms with Crippen molar-refractivity contribution in [2.75, 3.05) is 13.2 Å². The van der Waals surface area contributed by atoms with Gasteiger partial charge in [0.05, 0.1) is 18.1 Å². The van der Waals surface area contributed by atoms with E-state index in [0.717, 1.165) is 4.88 Å². The Balaban J connectivity index is 1.96. The molecule has 0 saturated carbocycles. The van der Waals surface area contributed by atoms with E-state index in [9.17, 15) is 10.1 Å². The Morgan fingerprint density at radius 2 is 2.41 bits per heavy atom. The van der Waals surface area contributed by atoms with E-state index in [1.807, 2.05) is 0 Å². The summed E-state index contributed by atoms with van der Waals surface area (Å²) in [4.78, 5) is 17.0. The highest BCUT2D eigenvalue weighted by molar-refractivity contribution is 7.09. The Morgan fingerprint density at radius 3 is 3.00 bits per heavy atom. The molecule has 1 saturated heterocycles. The fourth-order valence-corrected chi connectivity index (χ4v) is 2.31. The van der Waals surface area contributed by atoms with Crippen molar-refractivity contribution in [2.24, 2.45) is 5.41 Å². The highest BCUT2D eigenvalue weighted by Crippen LogP contribution is 2.29. The number of ether oxygens (including phenoxy) is 1. The number of nitrogens with one attached hydrogen (secondary N) is 1. The van der Waals surface area contributed by atoms with Crippen molar-refractivity contribution in [1.29, 1.82) is 5.26 Å². The van der Waals surface area contributed by atoms with Crippen LogP contribution in [0.3, 0.4) is 0 Å². The number of rotatable bonds is 3. The quantitative estimate of drug-likeness (QED) is 0.872. The van der Waals surface area contributed by atoms with Gasteiger partial charge in [0.1, 0.15) is 5.41 Å². The second kappa shape index (κ2) is 5.25. The number of carbonyl (C=O) groups excluding carboxylic acids is 1. The molecule has 1 aromatic rings. The van der Waals surface area contributed by atoms with Crippen molar-refractivity contribution in [3.63, 3.8) is 0 Å². The van der Waals surface area contributed by atoms with E-state index in [2.05, 4.69) is 16.4 Å². The van der Waals surface area contributed by atoms with Gasteiger partial charge in [-0.2, -0.15) is 5.26 Å². The number of carbonyl (C=O) groups is 1. The zero-order chi connectivity index (χ0) is 12.1. The minimum atomic E-state index is -0.914. The number of hydrogen-bond acceptors (Lipinski definition) is 5. The Morgan fingerprint density at radius 1 is 1.65 bits per heavy atom. The molecule has 0 radical (unpaired) electrons. The molecule has 1 aliphatic rings. The van der Waals surface area contributed by atoms with E-state index in [4.69, 9.17) is 4.74 Å². The van der Waals surface area contributed by atoms with Crippen LogP contribution in [0.4, 0.5) is 0 Å². The third-order valence-electron chi connectivity index (χ3n) is 2.90. The first-order valence-electron chi connectivity index (χ1n) is 5.41. The molecule has 1 N–H and O–H groups in total. The molecule has 0 unspecified atom stereocenters. The molecule has 90 valence electrons. The predicted octanol–water partition coefficient (Wildman–Crippen LogP) is 1.08. The molecule has 1 amide bonds. The van der Waals surface area contributed by atoms with Crippen molar-refractivity contribution in [3.8, 4) is 6.07 Å². The highest BCUT2D eigenvalue weighted by Gasteiger charge is 2.40. The molecule has 0 aromatic carbocycles. The van der Waals surface area contributed by atoms with E-state index in [-0.39, 0.29) is 5.91 Å². The van der Waals surface area contributed by atoms with Crippen molar-refractivity contribution in [2.45, 2.75) is 19.4 Å². The smallest absolute Gasteiger partial charge is 0.240 e. The summed E-state index contributed by atoms with van der Waals surface area (Å²) < 4.78 is 5.19. The van der Waals surface area contributed by atoms with E-state index < -0.39 is 5.41 Å². The summed E-state index contributed by atoms with van der Waals surface area (Å²) in [7, 11) is 0. The van der Waals surface area contributed by atoms with Crippen molar-refractivity contribution in [3.05, 3.63) is 16.6 Å². The van der Waals surface area contributed by atoms with Gasteiger partial charge in [0.15, 0.2) is 0 Å². The number of amides is 1. The number of nitriles is 1. The molecule has 0 aliphatic carbocycles. The van der Waals surface area contributed by atoms with Gasteiger partial charge in [-0.15, -0.1) is 11.3 Å². The lowest BCUT2D eigenvalue weighted by molar-refractivity contribution is -0.132. The first kappa shape index (κ1) is 12.0. The van der Waals surface area contributed by atoms with Gasteiger partial charge in [0.25, 0.3) is 0 Å². The lowest BCUT2D eigenvalue weighted by Crippen LogP contribution is -2.43. The average Bonchev–Trinajstić information content (AvgIpc) is 2.90. The monoisotopic (exact) mass is 251 g/mol. The fourth-order valence-electron chi connectivity index (χ4n) is 1.78. The maximum atomic E-state index is 12.0. The van der Waals surface area contributed by atoms with Crippen LogP contribution in [0.2, 0.25) is 0 Å². The first-order chi connectivity index (χ1) is 8.27. The molecule has 0 spiro atoms. The van der Waals surface area contributed by atoms with Crippen molar-refractivity contribution >= 4 is 17.2 Å². The topological polar surface area (TPSA) is 75.0 Å². The SMILES string of the molecule is N#CC1(C(=O)NCc2cncs2)CCOCC1. The van der Waals surface area contributed by atoms with Crippen LogP contribution in [0.1, 0.15) is 17.7 Å². The Kier molecular flexibility index (Phi) is 3.71. The predicted molar refractivity (Wildman–Crippen MR) is 62.1 cm³/mol. The van der Waals surface area contributed by atoms with Crippen LogP contribution >= 0.6 is 11.3 Å². The zero-order valence-electron chi connectivity index (χ0n) is 9.31. The molecular weight excluding hydrogens is 238 g/mol. The number of nitrogens with zero attached hydrogens (tertiary/aromatic N) is 2.